The molecule has 7 heteroatoms. The van der Waals surface area contributed by atoms with Crippen LogP contribution in [0.3, 0.4) is 0 Å². The minimum absolute atomic E-state index is 0.0984. The molecule has 5 nitrogen and oxygen atoms in total. The number of guanidine groups is 1. The molecule has 1 atom stereocenters. The van der Waals surface area contributed by atoms with Gasteiger partial charge in [-0.1, -0.05) is 11.6 Å². The molecule has 0 saturated carbocycles. The Labute approximate surface area is 153 Å². The second-order valence-electron chi connectivity index (χ2n) is 7.00. The highest BCUT2D eigenvalue weighted by Gasteiger charge is 2.25. The van der Waals surface area contributed by atoms with Crippen molar-refractivity contribution < 1.29 is 9.84 Å². The Bertz CT molecular complexity index is 548. The molecule has 0 amide bonds. The summed E-state index contributed by atoms with van der Waals surface area (Å²) in [5, 5.41) is 13.5. The lowest BCUT2D eigenvalue weighted by Crippen LogP contribution is -2.48. The smallest absolute Gasteiger partial charge is 0.193 e. The van der Waals surface area contributed by atoms with Gasteiger partial charge in [-0.3, -0.25) is 4.99 Å². The van der Waals surface area contributed by atoms with E-state index in [1.54, 1.807) is 13.1 Å². The Morgan fingerprint density at radius 3 is 2.62 bits per heavy atom. The van der Waals surface area contributed by atoms with Crippen molar-refractivity contribution >= 4 is 28.9 Å². The van der Waals surface area contributed by atoms with Crippen molar-refractivity contribution in [2.45, 2.75) is 51.4 Å². The van der Waals surface area contributed by atoms with Gasteiger partial charge in [0.2, 0.25) is 0 Å². The first-order chi connectivity index (χ1) is 11.3. The molecule has 0 radical (unpaired) electrons. The number of nitrogens with zero attached hydrogens (tertiary/aromatic N) is 2. The fourth-order valence-corrected chi connectivity index (χ4v) is 3.86. The van der Waals surface area contributed by atoms with E-state index in [-0.39, 0.29) is 5.60 Å². The number of aliphatic imine (C=N–C) groups is 1. The van der Waals surface area contributed by atoms with Crippen LogP contribution in [0, 0.1) is 0 Å². The molecule has 1 aliphatic rings. The zero-order valence-electron chi connectivity index (χ0n) is 14.9. The summed E-state index contributed by atoms with van der Waals surface area (Å²) in [6.07, 6.45) is 1.70. The number of thiophene rings is 1. The number of halogens is 1. The van der Waals surface area contributed by atoms with E-state index in [0.29, 0.717) is 17.0 Å². The summed E-state index contributed by atoms with van der Waals surface area (Å²) in [5.41, 5.74) is -0.0984. The van der Waals surface area contributed by atoms with Crippen LogP contribution in [0.2, 0.25) is 4.34 Å². The molecule has 0 spiro atoms. The van der Waals surface area contributed by atoms with Crippen LogP contribution in [-0.2, 0) is 4.74 Å². The Balaban J connectivity index is 1.80. The number of aliphatic hydroxyl groups is 1. The number of ether oxygens (including phenoxy) is 1. The lowest BCUT2D eigenvalue weighted by Gasteiger charge is -2.37. The summed E-state index contributed by atoms with van der Waals surface area (Å²) in [7, 11) is 1.77. The minimum Gasteiger partial charge on any atom is -0.386 e. The van der Waals surface area contributed by atoms with Crippen LogP contribution < -0.4 is 5.32 Å². The Morgan fingerprint density at radius 1 is 1.46 bits per heavy atom. The standard InChI is InChI=1S/C17H28ClN3O2S/c1-17(2,3)23-12-7-9-21(10-8-12)16(19-4)20-11-13(22)14-5-6-15(18)24-14/h5-6,12-13,22H,7-11H2,1-4H3,(H,19,20). The molecular weight excluding hydrogens is 346 g/mol. The lowest BCUT2D eigenvalue weighted by atomic mass is 10.1. The van der Waals surface area contributed by atoms with E-state index in [0.717, 1.165) is 36.8 Å². The van der Waals surface area contributed by atoms with E-state index in [1.807, 2.05) is 6.07 Å². The van der Waals surface area contributed by atoms with Crippen molar-refractivity contribution in [2.24, 2.45) is 4.99 Å². The average molecular weight is 374 g/mol. The second-order valence-corrected chi connectivity index (χ2v) is 8.75. The molecule has 1 aliphatic heterocycles. The first kappa shape index (κ1) is 19.5. The second kappa shape index (κ2) is 8.52. The van der Waals surface area contributed by atoms with E-state index < -0.39 is 6.10 Å². The first-order valence-electron chi connectivity index (χ1n) is 8.35. The molecule has 1 fully saturated rings. The molecule has 1 aromatic rings. The fraction of sp³-hybridized carbons (Fsp3) is 0.706. The molecule has 136 valence electrons. The zero-order chi connectivity index (χ0) is 17.7. The Hall–Kier alpha value is -0.820. The van der Waals surface area contributed by atoms with Crippen molar-refractivity contribution in [3.05, 3.63) is 21.3 Å². The van der Waals surface area contributed by atoms with Crippen molar-refractivity contribution in [3.8, 4) is 0 Å². The van der Waals surface area contributed by atoms with Crippen LogP contribution in [0.15, 0.2) is 17.1 Å². The summed E-state index contributed by atoms with van der Waals surface area (Å²) < 4.78 is 6.75. The molecule has 0 aliphatic carbocycles. The molecule has 1 aromatic heterocycles. The van der Waals surface area contributed by atoms with Gasteiger partial charge in [0.25, 0.3) is 0 Å². The summed E-state index contributed by atoms with van der Waals surface area (Å²) in [6.45, 7) is 8.51. The van der Waals surface area contributed by atoms with Crippen LogP contribution in [0.5, 0.6) is 0 Å². The predicted molar refractivity (Wildman–Crippen MR) is 101 cm³/mol. The predicted octanol–water partition coefficient (Wildman–Crippen LogP) is 3.29. The van der Waals surface area contributed by atoms with Gasteiger partial charge < -0.3 is 20.1 Å². The molecule has 24 heavy (non-hydrogen) atoms. The highest BCUT2D eigenvalue weighted by molar-refractivity contribution is 7.16. The molecular formula is C17H28ClN3O2S. The normalized spacial score (nSPS) is 18.8. The van der Waals surface area contributed by atoms with E-state index in [4.69, 9.17) is 16.3 Å². The molecule has 2 heterocycles. The van der Waals surface area contributed by atoms with E-state index in [2.05, 4.69) is 36.0 Å². The highest BCUT2D eigenvalue weighted by atomic mass is 35.5. The van der Waals surface area contributed by atoms with Crippen LogP contribution >= 0.6 is 22.9 Å². The Morgan fingerprint density at radius 2 is 2.12 bits per heavy atom. The van der Waals surface area contributed by atoms with Crippen LogP contribution in [0.4, 0.5) is 0 Å². The van der Waals surface area contributed by atoms with Crippen molar-refractivity contribution in [1.82, 2.24) is 10.2 Å². The molecule has 1 saturated heterocycles. The van der Waals surface area contributed by atoms with Gasteiger partial charge in [0.15, 0.2) is 5.96 Å². The van der Waals surface area contributed by atoms with Crippen molar-refractivity contribution in [1.29, 1.82) is 0 Å². The first-order valence-corrected chi connectivity index (χ1v) is 9.54. The van der Waals surface area contributed by atoms with Gasteiger partial charge >= 0.3 is 0 Å². The lowest BCUT2D eigenvalue weighted by molar-refractivity contribution is -0.0773. The highest BCUT2D eigenvalue weighted by Crippen LogP contribution is 2.26. The van der Waals surface area contributed by atoms with E-state index >= 15 is 0 Å². The summed E-state index contributed by atoms with van der Waals surface area (Å²) in [5.74, 6) is 0.825. The quantitative estimate of drug-likeness (QED) is 0.628. The van der Waals surface area contributed by atoms with Gasteiger partial charge in [0, 0.05) is 31.6 Å². The van der Waals surface area contributed by atoms with Crippen LogP contribution in [0.1, 0.15) is 44.6 Å². The van der Waals surface area contributed by atoms with E-state index in [1.165, 1.54) is 11.3 Å². The maximum Gasteiger partial charge on any atom is 0.193 e. The number of likely N-dealkylation sites (tertiary alicyclic amines) is 1. The van der Waals surface area contributed by atoms with Gasteiger partial charge in [-0.2, -0.15) is 0 Å². The zero-order valence-corrected chi connectivity index (χ0v) is 16.5. The number of nitrogens with one attached hydrogen (secondary N) is 1. The van der Waals surface area contributed by atoms with Crippen molar-refractivity contribution in [3.63, 3.8) is 0 Å². The number of hydrogen-bond donors (Lipinski definition) is 2. The SMILES string of the molecule is CN=C(NCC(O)c1ccc(Cl)s1)N1CCC(OC(C)(C)C)CC1. The van der Waals surface area contributed by atoms with Gasteiger partial charge in [0.1, 0.15) is 6.10 Å². The summed E-state index contributed by atoms with van der Waals surface area (Å²) in [4.78, 5) is 7.42. The number of aliphatic hydroxyl groups excluding tert-OH is 1. The van der Waals surface area contributed by atoms with Crippen LogP contribution in [0.25, 0.3) is 0 Å². The maximum atomic E-state index is 10.2. The Kier molecular flexibility index (Phi) is 6.92. The topological polar surface area (TPSA) is 57.1 Å². The fourth-order valence-electron chi connectivity index (χ4n) is 2.81. The number of piperidine rings is 1. The molecule has 2 rings (SSSR count). The monoisotopic (exact) mass is 373 g/mol. The van der Waals surface area contributed by atoms with E-state index in [9.17, 15) is 5.11 Å². The largest absolute Gasteiger partial charge is 0.386 e. The third-order valence-electron chi connectivity index (χ3n) is 3.85. The molecule has 1 unspecified atom stereocenters. The molecule has 0 aromatic carbocycles. The number of hydrogen-bond acceptors (Lipinski definition) is 4. The average Bonchev–Trinajstić information content (AvgIpc) is 2.94. The maximum absolute atomic E-state index is 10.2. The summed E-state index contributed by atoms with van der Waals surface area (Å²) in [6, 6.07) is 3.66. The van der Waals surface area contributed by atoms with Gasteiger partial charge in [-0.05, 0) is 45.7 Å². The van der Waals surface area contributed by atoms with Gasteiger partial charge in [-0.25, -0.2) is 0 Å². The molecule has 0 bridgehead atoms. The minimum atomic E-state index is -0.582. The van der Waals surface area contributed by atoms with Crippen molar-refractivity contribution in [2.75, 3.05) is 26.7 Å². The van der Waals surface area contributed by atoms with Gasteiger partial charge in [0.05, 0.1) is 16.0 Å². The number of rotatable bonds is 4. The molecule has 2 N–H and O–H groups in total. The third-order valence-corrected chi connectivity index (χ3v) is 5.18. The third kappa shape index (κ3) is 5.92. The van der Waals surface area contributed by atoms with Gasteiger partial charge in [-0.15, -0.1) is 11.3 Å². The van der Waals surface area contributed by atoms with Crippen LogP contribution in [-0.4, -0.2) is 54.4 Å². The summed E-state index contributed by atoms with van der Waals surface area (Å²) >= 11 is 7.32.